The van der Waals surface area contributed by atoms with Crippen LogP contribution in [0.25, 0.3) is 0 Å². The molecule has 0 atom stereocenters. The summed E-state index contributed by atoms with van der Waals surface area (Å²) in [5.41, 5.74) is 3.54. The first-order chi connectivity index (χ1) is 16.9. The number of amides is 2. The fourth-order valence-corrected chi connectivity index (χ4v) is 4.37. The van der Waals surface area contributed by atoms with Crippen molar-refractivity contribution in [3.05, 3.63) is 81.8 Å². The molecule has 4 rings (SSSR count). The van der Waals surface area contributed by atoms with Crippen LogP contribution in [0.3, 0.4) is 0 Å². The van der Waals surface area contributed by atoms with Crippen LogP contribution in [-0.2, 0) is 35.0 Å². The summed E-state index contributed by atoms with van der Waals surface area (Å²) in [6.45, 7) is 3.93. The number of imidazole rings is 1. The molecule has 1 saturated carbocycles. The Hall–Kier alpha value is -3.53. The molecule has 0 saturated heterocycles. The minimum absolute atomic E-state index is 0.0610. The molecule has 0 spiro atoms. The number of aryl methyl sites for hydroxylation is 2. The number of hydrogen-bond donors (Lipinski definition) is 3. The van der Waals surface area contributed by atoms with E-state index >= 15 is 0 Å². The van der Waals surface area contributed by atoms with Gasteiger partial charge in [0.25, 0.3) is 5.56 Å². The first kappa shape index (κ1) is 24.6. The molecule has 3 aromatic rings. The smallest absolute Gasteiger partial charge is 0.275 e. The van der Waals surface area contributed by atoms with E-state index in [0.717, 1.165) is 29.8 Å². The lowest BCUT2D eigenvalue weighted by molar-refractivity contribution is -0.122. The molecule has 2 heterocycles. The average molecular weight is 495 g/mol. The third-order valence-corrected chi connectivity index (χ3v) is 6.66. The first-order valence-corrected chi connectivity index (χ1v) is 12.6. The Balaban J connectivity index is 1.34. The lowest BCUT2D eigenvalue weighted by Gasteiger charge is -2.14. The molecular formula is C25H30N6O3S. The Kier molecular flexibility index (Phi) is 7.91. The SMILES string of the molecule is Cc1ncn(CC(=O)NC2CC2)c1CNC(=O)Cn1c(C)ccc(NSCc2ccccc2)c1=O. The fraction of sp³-hybridized carbons (Fsp3) is 0.360. The van der Waals surface area contributed by atoms with E-state index in [1.807, 2.05) is 43.3 Å². The predicted octanol–water partition coefficient (Wildman–Crippen LogP) is 2.52. The Labute approximate surface area is 208 Å². The zero-order chi connectivity index (χ0) is 24.8. The minimum Gasteiger partial charge on any atom is -0.352 e. The van der Waals surface area contributed by atoms with Crippen LogP contribution in [0.5, 0.6) is 0 Å². The highest BCUT2D eigenvalue weighted by Gasteiger charge is 2.23. The zero-order valence-electron chi connectivity index (χ0n) is 19.9. The van der Waals surface area contributed by atoms with Gasteiger partial charge in [-0.2, -0.15) is 0 Å². The third kappa shape index (κ3) is 6.75. The third-order valence-electron chi connectivity index (χ3n) is 5.82. The van der Waals surface area contributed by atoms with Crippen molar-refractivity contribution in [2.75, 3.05) is 4.72 Å². The highest BCUT2D eigenvalue weighted by molar-refractivity contribution is 7.99. The number of rotatable bonds is 11. The van der Waals surface area contributed by atoms with E-state index in [1.54, 1.807) is 23.9 Å². The molecule has 0 aliphatic heterocycles. The minimum atomic E-state index is -0.293. The molecule has 1 aromatic carbocycles. The van der Waals surface area contributed by atoms with Crippen molar-refractivity contribution in [2.24, 2.45) is 0 Å². The molecule has 2 aromatic heterocycles. The van der Waals surface area contributed by atoms with Gasteiger partial charge in [-0.15, -0.1) is 0 Å². The number of nitrogens with zero attached hydrogens (tertiary/aromatic N) is 3. The lowest BCUT2D eigenvalue weighted by atomic mass is 10.2. The Morgan fingerprint density at radius 2 is 1.83 bits per heavy atom. The van der Waals surface area contributed by atoms with Gasteiger partial charge in [-0.3, -0.25) is 14.4 Å². The van der Waals surface area contributed by atoms with Crippen molar-refractivity contribution < 1.29 is 9.59 Å². The maximum Gasteiger partial charge on any atom is 0.275 e. The van der Waals surface area contributed by atoms with E-state index in [0.29, 0.717) is 23.2 Å². The van der Waals surface area contributed by atoms with Crippen molar-refractivity contribution in [1.82, 2.24) is 24.8 Å². The number of nitrogens with one attached hydrogen (secondary N) is 3. The van der Waals surface area contributed by atoms with E-state index in [2.05, 4.69) is 20.3 Å². The summed E-state index contributed by atoms with van der Waals surface area (Å²) in [4.78, 5) is 42.1. The molecule has 3 N–H and O–H groups in total. The van der Waals surface area contributed by atoms with Gasteiger partial charge in [0.1, 0.15) is 18.8 Å². The van der Waals surface area contributed by atoms with Crippen LogP contribution in [-0.4, -0.2) is 32.0 Å². The summed E-state index contributed by atoms with van der Waals surface area (Å²) < 4.78 is 6.31. The Morgan fingerprint density at radius 1 is 1.06 bits per heavy atom. The molecule has 184 valence electrons. The summed E-state index contributed by atoms with van der Waals surface area (Å²) in [5, 5.41) is 5.82. The van der Waals surface area contributed by atoms with Crippen LogP contribution in [0.2, 0.25) is 0 Å². The molecule has 0 radical (unpaired) electrons. The van der Waals surface area contributed by atoms with Gasteiger partial charge in [0.2, 0.25) is 11.8 Å². The zero-order valence-corrected chi connectivity index (χ0v) is 20.7. The standard InChI is InChI=1S/C25H30N6O3S/c1-17-8-11-21(29-35-15-19-6-4-3-5-7-19)25(34)31(17)14-23(32)26-12-22-18(2)27-16-30(22)13-24(33)28-20-9-10-20/h3-8,11,16,20,29H,9-10,12-15H2,1-2H3,(H,26,32)(H,28,33). The number of aromatic nitrogens is 3. The second kappa shape index (κ2) is 11.3. The van der Waals surface area contributed by atoms with Crippen molar-refractivity contribution >= 4 is 29.4 Å². The number of carbonyl (C=O) groups is 2. The topological polar surface area (TPSA) is 110 Å². The number of benzene rings is 1. The van der Waals surface area contributed by atoms with Gasteiger partial charge in [-0.05, 0) is 56.3 Å². The van der Waals surface area contributed by atoms with E-state index in [9.17, 15) is 14.4 Å². The summed E-state index contributed by atoms with van der Waals surface area (Å²) in [6, 6.07) is 13.8. The van der Waals surface area contributed by atoms with Gasteiger partial charge in [-0.25, -0.2) is 4.98 Å². The average Bonchev–Trinajstić information content (AvgIpc) is 3.59. The molecule has 1 aliphatic rings. The second-order valence-electron chi connectivity index (χ2n) is 8.68. The Morgan fingerprint density at radius 3 is 2.57 bits per heavy atom. The van der Waals surface area contributed by atoms with E-state index < -0.39 is 0 Å². The monoisotopic (exact) mass is 494 g/mol. The van der Waals surface area contributed by atoms with Gasteiger partial charge in [-0.1, -0.05) is 30.3 Å². The molecule has 2 amide bonds. The van der Waals surface area contributed by atoms with E-state index in [-0.39, 0.29) is 37.0 Å². The van der Waals surface area contributed by atoms with Crippen LogP contribution >= 0.6 is 11.9 Å². The van der Waals surface area contributed by atoms with Crippen molar-refractivity contribution in [3.8, 4) is 0 Å². The van der Waals surface area contributed by atoms with Crippen LogP contribution in [0.15, 0.2) is 53.6 Å². The van der Waals surface area contributed by atoms with Gasteiger partial charge in [0.15, 0.2) is 0 Å². The lowest BCUT2D eigenvalue weighted by Crippen LogP contribution is -2.34. The maximum absolute atomic E-state index is 13.0. The molecule has 0 bridgehead atoms. The molecular weight excluding hydrogens is 464 g/mol. The van der Waals surface area contributed by atoms with E-state index in [1.165, 1.54) is 16.5 Å². The van der Waals surface area contributed by atoms with Crippen molar-refractivity contribution in [3.63, 3.8) is 0 Å². The van der Waals surface area contributed by atoms with Gasteiger partial charge in [0.05, 0.1) is 24.3 Å². The first-order valence-electron chi connectivity index (χ1n) is 11.6. The molecule has 9 nitrogen and oxygen atoms in total. The number of hydrogen-bond acceptors (Lipinski definition) is 6. The quantitative estimate of drug-likeness (QED) is 0.354. The van der Waals surface area contributed by atoms with Crippen molar-refractivity contribution in [1.29, 1.82) is 0 Å². The molecule has 1 fully saturated rings. The van der Waals surface area contributed by atoms with Gasteiger partial charge >= 0.3 is 0 Å². The van der Waals surface area contributed by atoms with Crippen LogP contribution in [0, 0.1) is 13.8 Å². The summed E-state index contributed by atoms with van der Waals surface area (Å²) in [7, 11) is 0. The normalized spacial score (nSPS) is 12.9. The highest BCUT2D eigenvalue weighted by Crippen LogP contribution is 2.18. The van der Waals surface area contributed by atoms with Crippen molar-refractivity contribution in [2.45, 2.75) is 58.1 Å². The van der Waals surface area contributed by atoms with Crippen LogP contribution in [0.4, 0.5) is 5.69 Å². The summed E-state index contributed by atoms with van der Waals surface area (Å²) in [5.74, 6) is 0.355. The second-order valence-corrected chi connectivity index (χ2v) is 9.46. The molecule has 10 heteroatoms. The number of anilines is 1. The molecule has 1 aliphatic carbocycles. The highest BCUT2D eigenvalue weighted by atomic mass is 32.2. The predicted molar refractivity (Wildman–Crippen MR) is 137 cm³/mol. The summed E-state index contributed by atoms with van der Waals surface area (Å²) >= 11 is 1.42. The van der Waals surface area contributed by atoms with E-state index in [4.69, 9.17) is 0 Å². The maximum atomic E-state index is 13.0. The number of carbonyl (C=O) groups excluding carboxylic acids is 2. The largest absolute Gasteiger partial charge is 0.352 e. The number of pyridine rings is 1. The molecule has 0 unspecified atom stereocenters. The van der Waals surface area contributed by atoms with Gasteiger partial charge < -0.3 is 24.5 Å². The van der Waals surface area contributed by atoms with Gasteiger partial charge in [0, 0.05) is 17.5 Å². The molecule has 35 heavy (non-hydrogen) atoms. The van der Waals surface area contributed by atoms with Crippen LogP contribution in [0.1, 0.15) is 35.5 Å². The fourth-order valence-electron chi connectivity index (χ4n) is 3.63. The van der Waals surface area contributed by atoms with Crippen LogP contribution < -0.4 is 20.9 Å². The Bertz CT molecular complexity index is 1250. The summed E-state index contributed by atoms with van der Waals surface area (Å²) in [6.07, 6.45) is 3.66.